The van der Waals surface area contributed by atoms with Crippen LogP contribution in [0.5, 0.6) is 11.5 Å². The van der Waals surface area contributed by atoms with Crippen LogP contribution in [0.25, 0.3) is 21.9 Å². The van der Waals surface area contributed by atoms with Gasteiger partial charge in [-0.25, -0.2) is 0 Å². The van der Waals surface area contributed by atoms with Gasteiger partial charge in [-0.05, 0) is 45.7 Å². The number of hydrogen-bond donors (Lipinski definition) is 0. The Hall–Kier alpha value is -3.06. The standard InChI is InChI=1S/C23H16O/c1-2-7-17-14-19(13-12-16(17)6-1)24-23-11-5-10-21-20-9-4-3-8-18(20)15-22(21)23/h1-14H,15H2. The van der Waals surface area contributed by atoms with Crippen molar-refractivity contribution in [3.63, 3.8) is 0 Å². The molecule has 0 aliphatic heterocycles. The van der Waals surface area contributed by atoms with Crippen LogP contribution in [0.3, 0.4) is 0 Å². The van der Waals surface area contributed by atoms with E-state index >= 15 is 0 Å². The second-order valence-corrected chi connectivity index (χ2v) is 6.23. The molecule has 1 aliphatic rings. The number of ether oxygens (including phenoxy) is 1. The number of fused-ring (bicyclic) bond motifs is 4. The first-order valence-electron chi connectivity index (χ1n) is 8.25. The van der Waals surface area contributed by atoms with E-state index in [4.69, 9.17) is 4.74 Å². The summed E-state index contributed by atoms with van der Waals surface area (Å²) in [6, 6.07) is 29.6. The molecule has 114 valence electrons. The molecule has 4 aromatic rings. The molecule has 0 saturated heterocycles. The third-order valence-corrected chi connectivity index (χ3v) is 4.76. The van der Waals surface area contributed by atoms with Crippen LogP contribution in [0.2, 0.25) is 0 Å². The first kappa shape index (κ1) is 13.4. The number of hydrogen-bond acceptors (Lipinski definition) is 1. The summed E-state index contributed by atoms with van der Waals surface area (Å²) in [5.74, 6) is 1.84. The van der Waals surface area contributed by atoms with Crippen molar-refractivity contribution in [2.45, 2.75) is 6.42 Å². The topological polar surface area (TPSA) is 9.23 Å². The lowest BCUT2D eigenvalue weighted by Crippen LogP contribution is -1.90. The van der Waals surface area contributed by atoms with E-state index in [9.17, 15) is 0 Å². The Bertz CT molecular complexity index is 1060. The first-order valence-corrected chi connectivity index (χ1v) is 8.25. The average Bonchev–Trinajstić information content (AvgIpc) is 3.02. The zero-order valence-corrected chi connectivity index (χ0v) is 13.2. The van der Waals surface area contributed by atoms with Gasteiger partial charge in [0.15, 0.2) is 0 Å². The zero-order valence-electron chi connectivity index (χ0n) is 13.2. The van der Waals surface area contributed by atoms with E-state index in [2.05, 4.69) is 78.9 Å². The van der Waals surface area contributed by atoms with E-state index in [1.165, 1.54) is 33.0 Å². The van der Waals surface area contributed by atoms with E-state index in [1.807, 2.05) is 6.07 Å². The van der Waals surface area contributed by atoms with E-state index < -0.39 is 0 Å². The van der Waals surface area contributed by atoms with Gasteiger partial charge < -0.3 is 4.74 Å². The Kier molecular flexibility index (Phi) is 2.92. The van der Waals surface area contributed by atoms with Crippen molar-refractivity contribution in [1.82, 2.24) is 0 Å². The maximum absolute atomic E-state index is 6.26. The van der Waals surface area contributed by atoms with Crippen molar-refractivity contribution >= 4 is 10.8 Å². The highest BCUT2D eigenvalue weighted by Crippen LogP contribution is 2.42. The van der Waals surface area contributed by atoms with Crippen molar-refractivity contribution in [3.05, 3.63) is 96.1 Å². The fraction of sp³-hybridized carbons (Fsp3) is 0.0435. The van der Waals surface area contributed by atoms with Gasteiger partial charge in [0.1, 0.15) is 11.5 Å². The average molecular weight is 308 g/mol. The summed E-state index contributed by atoms with van der Waals surface area (Å²) in [6.07, 6.45) is 0.940. The van der Waals surface area contributed by atoms with Gasteiger partial charge in [-0.1, -0.05) is 66.7 Å². The minimum Gasteiger partial charge on any atom is -0.457 e. The van der Waals surface area contributed by atoms with Crippen molar-refractivity contribution in [2.75, 3.05) is 0 Å². The summed E-state index contributed by atoms with van der Waals surface area (Å²) in [7, 11) is 0. The Labute approximate surface area is 141 Å². The SMILES string of the molecule is c1ccc2c(c1)Cc1c(Oc3ccc4ccccc4c3)cccc1-2. The molecule has 0 radical (unpaired) electrons. The molecule has 0 amide bonds. The van der Waals surface area contributed by atoms with Gasteiger partial charge in [0, 0.05) is 12.0 Å². The molecular formula is C23H16O. The highest BCUT2D eigenvalue weighted by atomic mass is 16.5. The second kappa shape index (κ2) is 5.24. The van der Waals surface area contributed by atoms with Gasteiger partial charge in [-0.3, -0.25) is 0 Å². The minimum atomic E-state index is 0.887. The Morgan fingerprint density at radius 2 is 1.42 bits per heavy atom. The van der Waals surface area contributed by atoms with Gasteiger partial charge >= 0.3 is 0 Å². The molecule has 1 nitrogen and oxygen atoms in total. The number of benzene rings is 4. The lowest BCUT2D eigenvalue weighted by Gasteiger charge is -2.11. The summed E-state index contributed by atoms with van der Waals surface area (Å²) in [5.41, 5.74) is 5.29. The van der Waals surface area contributed by atoms with Crippen molar-refractivity contribution in [2.24, 2.45) is 0 Å². The predicted octanol–water partition coefficient (Wildman–Crippen LogP) is 6.20. The van der Waals surface area contributed by atoms with Crippen molar-refractivity contribution in [3.8, 4) is 22.6 Å². The summed E-state index contributed by atoms with van der Waals surface area (Å²) in [5, 5.41) is 2.43. The molecule has 4 aromatic carbocycles. The Balaban J connectivity index is 1.56. The monoisotopic (exact) mass is 308 g/mol. The van der Waals surface area contributed by atoms with Gasteiger partial charge in [0.25, 0.3) is 0 Å². The molecule has 1 aliphatic carbocycles. The highest BCUT2D eigenvalue weighted by molar-refractivity contribution is 5.84. The van der Waals surface area contributed by atoms with Crippen LogP contribution in [-0.4, -0.2) is 0 Å². The smallest absolute Gasteiger partial charge is 0.131 e. The molecule has 0 atom stereocenters. The van der Waals surface area contributed by atoms with Crippen LogP contribution in [0.15, 0.2) is 84.9 Å². The molecular weight excluding hydrogens is 292 g/mol. The minimum absolute atomic E-state index is 0.887. The molecule has 0 spiro atoms. The maximum atomic E-state index is 6.26. The quantitative estimate of drug-likeness (QED) is 0.377. The van der Waals surface area contributed by atoms with Gasteiger partial charge in [-0.2, -0.15) is 0 Å². The zero-order chi connectivity index (χ0) is 15.9. The number of rotatable bonds is 2. The molecule has 0 fully saturated rings. The highest BCUT2D eigenvalue weighted by Gasteiger charge is 2.21. The fourth-order valence-corrected chi connectivity index (χ4v) is 3.58. The van der Waals surface area contributed by atoms with E-state index in [0.717, 1.165) is 17.9 Å². The van der Waals surface area contributed by atoms with Gasteiger partial charge in [0.2, 0.25) is 0 Å². The fourth-order valence-electron chi connectivity index (χ4n) is 3.58. The summed E-state index contributed by atoms with van der Waals surface area (Å²) in [6.45, 7) is 0. The van der Waals surface area contributed by atoms with E-state index in [-0.39, 0.29) is 0 Å². The van der Waals surface area contributed by atoms with E-state index in [1.54, 1.807) is 0 Å². The first-order chi connectivity index (χ1) is 11.9. The largest absolute Gasteiger partial charge is 0.457 e. The molecule has 1 heteroatoms. The summed E-state index contributed by atoms with van der Waals surface area (Å²) < 4.78 is 6.26. The van der Waals surface area contributed by atoms with Crippen LogP contribution in [-0.2, 0) is 6.42 Å². The molecule has 5 rings (SSSR count). The summed E-state index contributed by atoms with van der Waals surface area (Å²) >= 11 is 0. The van der Waals surface area contributed by atoms with Crippen LogP contribution in [0, 0.1) is 0 Å². The van der Waals surface area contributed by atoms with Crippen LogP contribution < -0.4 is 4.74 Å². The maximum Gasteiger partial charge on any atom is 0.131 e. The van der Waals surface area contributed by atoms with Crippen molar-refractivity contribution in [1.29, 1.82) is 0 Å². The summed E-state index contributed by atoms with van der Waals surface area (Å²) in [4.78, 5) is 0. The Morgan fingerprint density at radius 3 is 2.38 bits per heavy atom. The predicted molar refractivity (Wildman–Crippen MR) is 98.7 cm³/mol. The van der Waals surface area contributed by atoms with Crippen LogP contribution in [0.4, 0.5) is 0 Å². The molecule has 0 N–H and O–H groups in total. The molecule has 24 heavy (non-hydrogen) atoms. The Morgan fingerprint density at radius 1 is 0.625 bits per heavy atom. The molecule has 0 unspecified atom stereocenters. The van der Waals surface area contributed by atoms with Gasteiger partial charge in [0.05, 0.1) is 0 Å². The third kappa shape index (κ3) is 2.10. The normalized spacial score (nSPS) is 12.0. The van der Waals surface area contributed by atoms with Crippen LogP contribution >= 0.6 is 0 Å². The van der Waals surface area contributed by atoms with E-state index in [0.29, 0.717) is 0 Å². The van der Waals surface area contributed by atoms with Gasteiger partial charge in [-0.15, -0.1) is 0 Å². The van der Waals surface area contributed by atoms with Crippen LogP contribution in [0.1, 0.15) is 11.1 Å². The third-order valence-electron chi connectivity index (χ3n) is 4.76. The van der Waals surface area contributed by atoms with Crippen molar-refractivity contribution < 1.29 is 4.74 Å². The molecule has 0 bridgehead atoms. The molecule has 0 aromatic heterocycles. The molecule has 0 heterocycles. The lowest BCUT2D eigenvalue weighted by atomic mass is 10.1. The second-order valence-electron chi connectivity index (χ2n) is 6.23. The molecule has 0 saturated carbocycles. The lowest BCUT2D eigenvalue weighted by molar-refractivity contribution is 0.479.